The van der Waals surface area contributed by atoms with Gasteiger partial charge in [0.2, 0.25) is 12.7 Å². The van der Waals surface area contributed by atoms with Crippen LogP contribution >= 0.6 is 11.3 Å². The van der Waals surface area contributed by atoms with Crippen molar-refractivity contribution >= 4 is 22.4 Å². The molecule has 7 heteroatoms. The number of benzene rings is 1. The van der Waals surface area contributed by atoms with Gasteiger partial charge < -0.3 is 14.8 Å². The maximum Gasteiger partial charge on any atom is 0.231 e. The maximum atomic E-state index is 11.1. The number of amides is 1. The lowest BCUT2D eigenvalue weighted by Crippen LogP contribution is -2.22. The number of ether oxygens (including phenoxy) is 2. The Hall–Kier alpha value is -2.12. The van der Waals surface area contributed by atoms with Gasteiger partial charge in [-0.3, -0.25) is 9.69 Å². The Morgan fingerprint density at radius 1 is 1.35 bits per heavy atom. The Bertz CT molecular complexity index is 702. The van der Waals surface area contributed by atoms with Gasteiger partial charge in [0.25, 0.3) is 0 Å². The second-order valence-corrected chi connectivity index (χ2v) is 6.17. The van der Waals surface area contributed by atoms with E-state index < -0.39 is 0 Å². The number of hydrogen-bond donors (Lipinski definition) is 1. The Kier molecular flexibility index (Phi) is 4.78. The van der Waals surface area contributed by atoms with Crippen LogP contribution in [0.2, 0.25) is 0 Å². The van der Waals surface area contributed by atoms with Crippen molar-refractivity contribution < 1.29 is 14.3 Å². The zero-order valence-corrected chi connectivity index (χ0v) is 14.0. The molecule has 0 saturated heterocycles. The molecule has 2 heterocycles. The molecule has 0 unspecified atom stereocenters. The number of carbonyl (C=O) groups is 1. The van der Waals surface area contributed by atoms with Crippen LogP contribution in [0.1, 0.15) is 25.1 Å². The van der Waals surface area contributed by atoms with Crippen molar-refractivity contribution in [3.8, 4) is 11.5 Å². The van der Waals surface area contributed by atoms with Crippen molar-refractivity contribution in [1.82, 2.24) is 9.88 Å². The minimum atomic E-state index is -0.0985. The van der Waals surface area contributed by atoms with Gasteiger partial charge in [-0.05, 0) is 24.2 Å². The molecule has 6 nitrogen and oxygen atoms in total. The lowest BCUT2D eigenvalue weighted by Gasteiger charge is -2.19. The van der Waals surface area contributed by atoms with Crippen LogP contribution in [-0.2, 0) is 17.9 Å². The zero-order valence-electron chi connectivity index (χ0n) is 13.2. The monoisotopic (exact) mass is 333 g/mol. The quantitative estimate of drug-likeness (QED) is 0.881. The Morgan fingerprint density at radius 2 is 2.17 bits per heavy atom. The van der Waals surface area contributed by atoms with Crippen LogP contribution in [0.15, 0.2) is 23.6 Å². The SMILES string of the molecule is CCN(Cc1ccc2c(c1)OCO2)Cc1csc(NC(C)=O)n1. The first-order chi connectivity index (χ1) is 11.1. The summed E-state index contributed by atoms with van der Waals surface area (Å²) in [6.07, 6.45) is 0. The number of thiazole rings is 1. The number of aromatic nitrogens is 1. The van der Waals surface area contributed by atoms with E-state index in [0.29, 0.717) is 11.9 Å². The van der Waals surface area contributed by atoms with Gasteiger partial charge in [0.1, 0.15) is 0 Å². The smallest absolute Gasteiger partial charge is 0.231 e. The lowest BCUT2D eigenvalue weighted by atomic mass is 10.2. The topological polar surface area (TPSA) is 63.7 Å². The second-order valence-electron chi connectivity index (χ2n) is 5.32. The number of rotatable bonds is 6. The predicted molar refractivity (Wildman–Crippen MR) is 88.8 cm³/mol. The number of nitrogens with zero attached hydrogens (tertiary/aromatic N) is 2. The molecule has 0 bridgehead atoms. The molecule has 2 aromatic rings. The standard InChI is InChI=1S/C16H19N3O3S/c1-3-19(8-13-9-23-16(18-13)17-11(2)20)7-12-4-5-14-15(6-12)22-10-21-14/h4-6,9H,3,7-8,10H2,1-2H3,(H,17,18,20). The molecular formula is C16H19N3O3S. The van der Waals surface area contributed by atoms with Gasteiger partial charge in [-0.25, -0.2) is 4.98 Å². The van der Waals surface area contributed by atoms with Crippen molar-refractivity contribution in [2.75, 3.05) is 18.7 Å². The number of nitrogens with one attached hydrogen (secondary N) is 1. The van der Waals surface area contributed by atoms with E-state index in [1.165, 1.54) is 23.8 Å². The third kappa shape index (κ3) is 4.00. The third-order valence-electron chi connectivity index (χ3n) is 3.51. The highest BCUT2D eigenvalue weighted by Crippen LogP contribution is 2.32. The normalized spacial score (nSPS) is 12.7. The van der Waals surface area contributed by atoms with Crippen LogP contribution in [0.25, 0.3) is 0 Å². The van der Waals surface area contributed by atoms with E-state index in [1.807, 2.05) is 17.5 Å². The third-order valence-corrected chi connectivity index (χ3v) is 4.32. The molecule has 122 valence electrons. The van der Waals surface area contributed by atoms with Crippen molar-refractivity contribution in [2.24, 2.45) is 0 Å². The molecule has 1 N–H and O–H groups in total. The summed E-state index contributed by atoms with van der Waals surface area (Å²) in [6, 6.07) is 6.03. The largest absolute Gasteiger partial charge is 0.454 e. The summed E-state index contributed by atoms with van der Waals surface area (Å²) < 4.78 is 10.8. The molecule has 1 aromatic heterocycles. The summed E-state index contributed by atoms with van der Waals surface area (Å²) in [5.41, 5.74) is 2.13. The van der Waals surface area contributed by atoms with E-state index in [9.17, 15) is 4.79 Å². The summed E-state index contributed by atoms with van der Waals surface area (Å²) in [5.74, 6) is 1.51. The highest BCUT2D eigenvalue weighted by atomic mass is 32.1. The first kappa shape index (κ1) is 15.8. The molecule has 3 rings (SSSR count). The molecular weight excluding hydrogens is 314 g/mol. The molecule has 0 saturated carbocycles. The lowest BCUT2D eigenvalue weighted by molar-refractivity contribution is -0.114. The van der Waals surface area contributed by atoms with Gasteiger partial charge >= 0.3 is 0 Å². The molecule has 0 aliphatic carbocycles. The minimum Gasteiger partial charge on any atom is -0.454 e. The van der Waals surface area contributed by atoms with Crippen LogP contribution in [0, 0.1) is 0 Å². The number of carbonyl (C=O) groups excluding carboxylic acids is 1. The molecule has 1 aromatic carbocycles. The average molecular weight is 333 g/mol. The molecule has 0 radical (unpaired) electrons. The summed E-state index contributed by atoms with van der Waals surface area (Å²) in [4.78, 5) is 17.8. The number of anilines is 1. The fourth-order valence-corrected chi connectivity index (χ4v) is 3.14. The van der Waals surface area contributed by atoms with Gasteiger partial charge in [-0.15, -0.1) is 11.3 Å². The Labute approximate surface area is 139 Å². The van der Waals surface area contributed by atoms with E-state index in [0.717, 1.165) is 36.8 Å². The molecule has 0 fully saturated rings. The van der Waals surface area contributed by atoms with Crippen LogP contribution in [0.5, 0.6) is 11.5 Å². The predicted octanol–water partition coefficient (Wildman–Crippen LogP) is 2.85. The minimum absolute atomic E-state index is 0.0985. The molecule has 0 spiro atoms. The van der Waals surface area contributed by atoms with Gasteiger partial charge in [0, 0.05) is 25.4 Å². The fraction of sp³-hybridized carbons (Fsp3) is 0.375. The van der Waals surface area contributed by atoms with Crippen LogP contribution < -0.4 is 14.8 Å². The van der Waals surface area contributed by atoms with Crippen molar-refractivity contribution in [3.05, 3.63) is 34.8 Å². The van der Waals surface area contributed by atoms with Crippen molar-refractivity contribution in [1.29, 1.82) is 0 Å². The average Bonchev–Trinajstić information content (AvgIpc) is 3.14. The Morgan fingerprint density at radius 3 is 2.96 bits per heavy atom. The fourth-order valence-electron chi connectivity index (χ4n) is 2.39. The maximum absolute atomic E-state index is 11.1. The second kappa shape index (κ2) is 6.97. The van der Waals surface area contributed by atoms with E-state index in [2.05, 4.69) is 28.2 Å². The first-order valence-corrected chi connectivity index (χ1v) is 8.35. The molecule has 1 amide bonds. The molecule has 1 aliphatic rings. The number of fused-ring (bicyclic) bond motifs is 1. The van der Waals surface area contributed by atoms with E-state index in [4.69, 9.17) is 9.47 Å². The summed E-state index contributed by atoms with van der Waals surface area (Å²) >= 11 is 1.45. The molecule has 0 atom stereocenters. The molecule has 1 aliphatic heterocycles. The van der Waals surface area contributed by atoms with E-state index >= 15 is 0 Å². The Balaban J connectivity index is 1.63. The van der Waals surface area contributed by atoms with Crippen LogP contribution in [0.3, 0.4) is 0 Å². The van der Waals surface area contributed by atoms with E-state index in [1.54, 1.807) is 0 Å². The summed E-state index contributed by atoms with van der Waals surface area (Å²) in [5, 5.41) is 5.34. The first-order valence-electron chi connectivity index (χ1n) is 7.47. The van der Waals surface area contributed by atoms with Gasteiger partial charge in [0.05, 0.1) is 5.69 Å². The van der Waals surface area contributed by atoms with Crippen LogP contribution in [0.4, 0.5) is 5.13 Å². The molecule has 23 heavy (non-hydrogen) atoms. The van der Waals surface area contributed by atoms with Gasteiger partial charge in [-0.1, -0.05) is 13.0 Å². The highest BCUT2D eigenvalue weighted by Gasteiger charge is 2.15. The summed E-state index contributed by atoms with van der Waals surface area (Å²) in [6.45, 7) is 6.34. The summed E-state index contributed by atoms with van der Waals surface area (Å²) in [7, 11) is 0. The van der Waals surface area contributed by atoms with Crippen molar-refractivity contribution in [2.45, 2.75) is 26.9 Å². The van der Waals surface area contributed by atoms with E-state index in [-0.39, 0.29) is 5.91 Å². The van der Waals surface area contributed by atoms with Crippen molar-refractivity contribution in [3.63, 3.8) is 0 Å². The van der Waals surface area contributed by atoms with Crippen LogP contribution in [-0.4, -0.2) is 29.1 Å². The number of hydrogen-bond acceptors (Lipinski definition) is 6. The van der Waals surface area contributed by atoms with Gasteiger partial charge in [-0.2, -0.15) is 0 Å². The highest BCUT2D eigenvalue weighted by molar-refractivity contribution is 7.13. The zero-order chi connectivity index (χ0) is 16.2. The van der Waals surface area contributed by atoms with Gasteiger partial charge in [0.15, 0.2) is 16.6 Å².